The van der Waals surface area contributed by atoms with Crippen molar-refractivity contribution in [3.8, 4) is 23.3 Å². The Kier molecular flexibility index (Phi) is 7.68. The van der Waals surface area contributed by atoms with Crippen LogP contribution in [0.1, 0.15) is 17.2 Å². The zero-order valence-corrected chi connectivity index (χ0v) is 15.4. The Morgan fingerprint density at radius 2 is 1.84 bits per heavy atom. The van der Waals surface area contributed by atoms with Crippen molar-refractivity contribution in [3.05, 3.63) is 53.6 Å². The maximum atomic E-state index is 10.3. The molecule has 0 saturated heterocycles. The highest BCUT2D eigenvalue weighted by Crippen LogP contribution is 2.34. The average Bonchev–Trinajstić information content (AvgIpc) is 2.67. The van der Waals surface area contributed by atoms with Crippen LogP contribution in [0.15, 0.2) is 47.4 Å². The number of aliphatic hydroxyl groups is 1. The second-order valence-electron chi connectivity index (χ2n) is 5.15. The van der Waals surface area contributed by atoms with Crippen molar-refractivity contribution in [1.29, 1.82) is 0 Å². The highest BCUT2D eigenvalue weighted by molar-refractivity contribution is 7.98. The first kappa shape index (κ1) is 19.2. The number of aliphatic hydroxyl groups excluding tert-OH is 1. The average molecular weight is 358 g/mol. The van der Waals surface area contributed by atoms with Crippen LogP contribution in [-0.2, 0) is 11.3 Å². The summed E-state index contributed by atoms with van der Waals surface area (Å²) in [5.74, 6) is 6.66. The molecular weight excluding hydrogens is 336 g/mol. The molecule has 2 aromatic rings. The number of rotatable bonds is 7. The minimum Gasteiger partial charge on any atom is -0.493 e. The fraction of sp³-hybridized carbons (Fsp3) is 0.300. The second-order valence-corrected chi connectivity index (χ2v) is 6.03. The van der Waals surface area contributed by atoms with E-state index >= 15 is 0 Å². The largest absolute Gasteiger partial charge is 0.493 e. The molecule has 2 aromatic carbocycles. The summed E-state index contributed by atoms with van der Waals surface area (Å²) in [5.41, 5.74) is 1.66. The van der Waals surface area contributed by atoms with Crippen LogP contribution in [0, 0.1) is 11.8 Å². The lowest BCUT2D eigenvalue weighted by Gasteiger charge is -2.13. The van der Waals surface area contributed by atoms with Crippen molar-refractivity contribution in [2.45, 2.75) is 17.6 Å². The van der Waals surface area contributed by atoms with Gasteiger partial charge in [0.15, 0.2) is 11.5 Å². The molecule has 0 radical (unpaired) electrons. The first-order valence-electron chi connectivity index (χ1n) is 7.77. The monoisotopic (exact) mass is 358 g/mol. The Balaban J connectivity index is 1.90. The number of benzene rings is 2. The highest BCUT2D eigenvalue weighted by Gasteiger charge is 2.14. The van der Waals surface area contributed by atoms with Crippen LogP contribution in [0.5, 0.6) is 11.5 Å². The molecule has 0 heterocycles. The van der Waals surface area contributed by atoms with Gasteiger partial charge in [-0.3, -0.25) is 0 Å². The Morgan fingerprint density at radius 1 is 1.08 bits per heavy atom. The lowest BCUT2D eigenvalue weighted by molar-refractivity contribution is 0.153. The van der Waals surface area contributed by atoms with Crippen LogP contribution in [0.25, 0.3) is 0 Å². The molecule has 4 nitrogen and oxygen atoms in total. The van der Waals surface area contributed by atoms with Gasteiger partial charge in [0.1, 0.15) is 12.7 Å². The third-order valence-corrected chi connectivity index (χ3v) is 4.31. The van der Waals surface area contributed by atoms with Crippen LogP contribution < -0.4 is 9.47 Å². The molecule has 0 saturated carbocycles. The molecule has 0 aliphatic carbocycles. The Morgan fingerprint density at radius 3 is 2.48 bits per heavy atom. The zero-order chi connectivity index (χ0) is 18.1. The number of para-hydroxylation sites is 1. The topological polar surface area (TPSA) is 47.9 Å². The Hall–Kier alpha value is -2.13. The van der Waals surface area contributed by atoms with Gasteiger partial charge in [-0.05, 0) is 30.0 Å². The normalized spacial score (nSPS) is 11.4. The number of hydrogen-bond donors (Lipinski definition) is 1. The first-order valence-corrected chi connectivity index (χ1v) is 9.00. The molecule has 0 bridgehead atoms. The van der Waals surface area contributed by atoms with Gasteiger partial charge in [0.25, 0.3) is 0 Å². The van der Waals surface area contributed by atoms with Crippen LogP contribution >= 0.6 is 11.8 Å². The van der Waals surface area contributed by atoms with Gasteiger partial charge in [0.05, 0.1) is 20.8 Å². The summed E-state index contributed by atoms with van der Waals surface area (Å²) >= 11 is 1.71. The Labute approximate surface area is 153 Å². The molecule has 0 fully saturated rings. The molecule has 0 aliphatic rings. The summed E-state index contributed by atoms with van der Waals surface area (Å²) in [4.78, 5) is 1.22. The van der Waals surface area contributed by atoms with Crippen molar-refractivity contribution >= 4 is 11.8 Å². The summed E-state index contributed by atoms with van der Waals surface area (Å²) in [6.07, 6.45) is 1.08. The molecule has 1 atom stereocenters. The number of thioether (sulfide) groups is 1. The molecule has 0 amide bonds. The lowest BCUT2D eigenvalue weighted by atomic mass is 10.1. The van der Waals surface area contributed by atoms with Crippen LogP contribution in [0.4, 0.5) is 0 Å². The molecule has 1 unspecified atom stereocenters. The van der Waals surface area contributed by atoms with Gasteiger partial charge < -0.3 is 19.3 Å². The van der Waals surface area contributed by atoms with E-state index in [1.54, 1.807) is 37.1 Å². The SMILES string of the molecule is COc1cccc(C(O)C#CCOCc2ccc(SC)cc2)c1OC. The van der Waals surface area contributed by atoms with Crippen LogP contribution in [0.3, 0.4) is 0 Å². The molecule has 25 heavy (non-hydrogen) atoms. The van der Waals surface area contributed by atoms with E-state index in [0.717, 1.165) is 5.56 Å². The smallest absolute Gasteiger partial charge is 0.167 e. The van der Waals surface area contributed by atoms with Gasteiger partial charge in [0, 0.05) is 10.5 Å². The summed E-state index contributed by atoms with van der Waals surface area (Å²) in [6.45, 7) is 0.732. The van der Waals surface area contributed by atoms with Gasteiger partial charge in [-0.25, -0.2) is 0 Å². The minimum absolute atomic E-state index is 0.244. The maximum Gasteiger partial charge on any atom is 0.167 e. The van der Waals surface area contributed by atoms with E-state index in [0.29, 0.717) is 23.7 Å². The standard InChI is InChI=1S/C20H22O4S/c1-22-19-8-4-6-17(20(19)23-2)18(21)7-5-13-24-14-15-9-11-16(25-3)12-10-15/h4,6,8-12,18,21H,13-14H2,1-3H3. The van der Waals surface area contributed by atoms with E-state index < -0.39 is 6.10 Å². The fourth-order valence-corrected chi connectivity index (χ4v) is 2.69. The zero-order valence-electron chi connectivity index (χ0n) is 14.6. The van der Waals surface area contributed by atoms with Crippen molar-refractivity contribution in [1.82, 2.24) is 0 Å². The second kappa shape index (κ2) is 10.00. The number of methoxy groups -OCH3 is 2. The predicted molar refractivity (Wildman–Crippen MR) is 100 cm³/mol. The van der Waals surface area contributed by atoms with Crippen molar-refractivity contribution < 1.29 is 19.3 Å². The summed E-state index contributed by atoms with van der Waals surface area (Å²) in [7, 11) is 3.09. The van der Waals surface area contributed by atoms with E-state index in [9.17, 15) is 5.11 Å². The molecule has 0 spiro atoms. The molecule has 0 aromatic heterocycles. The number of hydrogen-bond acceptors (Lipinski definition) is 5. The molecule has 5 heteroatoms. The number of ether oxygens (including phenoxy) is 3. The molecule has 2 rings (SSSR count). The predicted octanol–water partition coefficient (Wildman–Crippen LogP) is 3.68. The van der Waals surface area contributed by atoms with Crippen molar-refractivity contribution in [3.63, 3.8) is 0 Å². The summed E-state index contributed by atoms with van der Waals surface area (Å²) in [6, 6.07) is 13.5. The first-order chi connectivity index (χ1) is 12.2. The van der Waals surface area contributed by atoms with E-state index in [4.69, 9.17) is 14.2 Å². The van der Waals surface area contributed by atoms with Crippen LogP contribution in [-0.4, -0.2) is 32.2 Å². The van der Waals surface area contributed by atoms with E-state index in [2.05, 4.69) is 24.0 Å². The van der Waals surface area contributed by atoms with Gasteiger partial charge in [0.2, 0.25) is 0 Å². The van der Waals surface area contributed by atoms with E-state index in [1.807, 2.05) is 18.4 Å². The van der Waals surface area contributed by atoms with Gasteiger partial charge >= 0.3 is 0 Å². The van der Waals surface area contributed by atoms with Gasteiger partial charge in [-0.15, -0.1) is 11.8 Å². The molecule has 0 aliphatic heterocycles. The van der Waals surface area contributed by atoms with Gasteiger partial charge in [-0.1, -0.05) is 36.1 Å². The molecule has 1 N–H and O–H groups in total. The third kappa shape index (κ3) is 5.43. The Bertz CT molecular complexity index is 732. The summed E-state index contributed by atoms with van der Waals surface area (Å²) in [5, 5.41) is 10.3. The van der Waals surface area contributed by atoms with Crippen LogP contribution in [0.2, 0.25) is 0 Å². The van der Waals surface area contributed by atoms with E-state index in [-0.39, 0.29) is 6.61 Å². The third-order valence-electron chi connectivity index (χ3n) is 3.57. The van der Waals surface area contributed by atoms with Crippen molar-refractivity contribution in [2.75, 3.05) is 27.1 Å². The van der Waals surface area contributed by atoms with Crippen molar-refractivity contribution in [2.24, 2.45) is 0 Å². The lowest BCUT2D eigenvalue weighted by Crippen LogP contribution is -2.01. The molecule has 132 valence electrons. The fourth-order valence-electron chi connectivity index (χ4n) is 2.29. The van der Waals surface area contributed by atoms with E-state index in [1.165, 1.54) is 12.0 Å². The molecular formula is C20H22O4S. The summed E-state index contributed by atoms with van der Waals surface area (Å²) < 4.78 is 16.1. The quantitative estimate of drug-likeness (QED) is 0.465. The minimum atomic E-state index is -0.963. The highest BCUT2D eigenvalue weighted by atomic mass is 32.2. The maximum absolute atomic E-state index is 10.3. The van der Waals surface area contributed by atoms with Gasteiger partial charge in [-0.2, -0.15) is 0 Å².